The van der Waals surface area contributed by atoms with Gasteiger partial charge in [0.05, 0.1) is 38.7 Å². The van der Waals surface area contributed by atoms with Gasteiger partial charge in [-0.1, -0.05) is 36.4 Å². The lowest BCUT2D eigenvalue weighted by Gasteiger charge is -2.31. The van der Waals surface area contributed by atoms with Crippen molar-refractivity contribution in [3.8, 4) is 16.3 Å². The predicted molar refractivity (Wildman–Crippen MR) is 157 cm³/mol. The number of aryl methyl sites for hydroxylation is 2. The van der Waals surface area contributed by atoms with Crippen molar-refractivity contribution >= 4 is 26.5 Å². The third-order valence-corrected chi connectivity index (χ3v) is 12.8. The maximum atomic E-state index is 14.8. The Bertz CT molecular complexity index is 1270. The molecule has 0 aliphatic rings. The highest BCUT2D eigenvalue weighted by Gasteiger charge is 2.52. The monoisotopic (exact) mass is 613 g/mol. The van der Waals surface area contributed by atoms with Crippen LogP contribution in [0.5, 0.6) is 5.75 Å². The van der Waals surface area contributed by atoms with Crippen LogP contribution in [-0.2, 0) is 33.6 Å². The van der Waals surface area contributed by atoms with Crippen molar-refractivity contribution in [3.05, 3.63) is 70.5 Å². The number of benzene rings is 2. The minimum Gasteiger partial charge on any atom is -0.490 e. The summed E-state index contributed by atoms with van der Waals surface area (Å²) >= 11 is 1.64. The second-order valence-corrected chi connectivity index (χ2v) is 14.5. The van der Waals surface area contributed by atoms with Gasteiger partial charge in [-0.05, 0) is 65.2 Å². The van der Waals surface area contributed by atoms with Gasteiger partial charge < -0.3 is 22.8 Å². The first-order valence-electron chi connectivity index (χ1n) is 13.4. The molecule has 0 bridgehead atoms. The van der Waals surface area contributed by atoms with Gasteiger partial charge in [0.25, 0.3) is 0 Å². The highest BCUT2D eigenvalue weighted by atomic mass is 32.1. The zero-order valence-corrected chi connectivity index (χ0v) is 26.2. The highest BCUT2D eigenvalue weighted by Crippen LogP contribution is 2.78. The summed E-state index contributed by atoms with van der Waals surface area (Å²) in [5.74, 6) is -0.675. The minimum absolute atomic E-state index is 0.0403. The molecule has 0 saturated heterocycles. The third-order valence-electron chi connectivity index (χ3n) is 5.82. The Balaban J connectivity index is 1.82. The van der Waals surface area contributed by atoms with E-state index in [-0.39, 0.29) is 44.3 Å². The number of nitrogens with zero attached hydrogens (tertiary/aromatic N) is 1. The van der Waals surface area contributed by atoms with Crippen LogP contribution in [0.4, 0.5) is 4.39 Å². The molecule has 0 saturated carbocycles. The Kier molecular flexibility index (Phi) is 12.5. The molecule has 3 rings (SSSR count). The van der Waals surface area contributed by atoms with E-state index in [0.717, 1.165) is 21.1 Å². The van der Waals surface area contributed by atoms with Crippen molar-refractivity contribution in [1.82, 2.24) is 4.98 Å². The summed E-state index contributed by atoms with van der Waals surface area (Å²) in [4.78, 5) is 5.90. The summed E-state index contributed by atoms with van der Waals surface area (Å²) < 4.78 is 70.7. The van der Waals surface area contributed by atoms with Gasteiger partial charge in [-0.15, -0.1) is 11.3 Å². The third kappa shape index (κ3) is 8.10. The number of ether oxygens (including phenoxy) is 1. The molecular weight excluding hydrogens is 575 g/mol. The van der Waals surface area contributed by atoms with Crippen molar-refractivity contribution < 1.29 is 36.4 Å². The molecule has 220 valence electrons. The van der Waals surface area contributed by atoms with E-state index in [1.165, 1.54) is 18.2 Å². The van der Waals surface area contributed by atoms with E-state index in [9.17, 15) is 13.5 Å². The fourth-order valence-corrected chi connectivity index (χ4v) is 10.5. The number of thiazole rings is 1. The lowest BCUT2D eigenvalue weighted by Crippen LogP contribution is -2.12. The number of hydrogen-bond acceptors (Lipinski definition) is 9. The van der Waals surface area contributed by atoms with Crippen LogP contribution in [0.2, 0.25) is 0 Å². The first-order valence-corrected chi connectivity index (χ1v) is 17.5. The number of halogens is 1. The number of aromatic nitrogens is 1. The smallest absolute Gasteiger partial charge is 0.350 e. The molecule has 0 radical (unpaired) electrons. The zero-order valence-electron chi connectivity index (χ0n) is 23.6. The summed E-state index contributed by atoms with van der Waals surface area (Å²) in [6.07, 6.45) is 1.26. The molecule has 0 fully saturated rings. The van der Waals surface area contributed by atoms with Gasteiger partial charge in [0.2, 0.25) is 0 Å². The minimum atomic E-state index is -4.07. The van der Waals surface area contributed by atoms with Crippen LogP contribution in [0.3, 0.4) is 0 Å². The van der Waals surface area contributed by atoms with Gasteiger partial charge in [0, 0.05) is 10.4 Å². The predicted octanol–water partition coefficient (Wildman–Crippen LogP) is 8.80. The van der Waals surface area contributed by atoms with Gasteiger partial charge >= 0.3 is 15.2 Å². The molecule has 1 heterocycles. The van der Waals surface area contributed by atoms with Crippen molar-refractivity contribution in [2.45, 2.75) is 52.9 Å². The van der Waals surface area contributed by atoms with Crippen LogP contribution in [0.1, 0.15) is 55.7 Å². The van der Waals surface area contributed by atoms with Crippen LogP contribution < -0.4 is 4.74 Å². The Morgan fingerprint density at radius 3 is 2.00 bits per heavy atom. The molecule has 40 heavy (non-hydrogen) atoms. The maximum absolute atomic E-state index is 14.8. The Hall–Kier alpha value is -1.90. The van der Waals surface area contributed by atoms with Crippen molar-refractivity contribution in [2.75, 3.05) is 33.0 Å². The molecule has 2 aromatic carbocycles. The molecule has 0 amide bonds. The second-order valence-electron chi connectivity index (χ2n) is 8.65. The first kappa shape index (κ1) is 32.6. The van der Waals surface area contributed by atoms with E-state index in [0.29, 0.717) is 12.8 Å². The summed E-state index contributed by atoms with van der Waals surface area (Å²) in [6, 6.07) is 13.9. The quantitative estimate of drug-likeness (QED) is 0.110. The van der Waals surface area contributed by atoms with Gasteiger partial charge in [-0.3, -0.25) is 9.13 Å². The number of hydrogen-bond donors (Lipinski definition) is 0. The van der Waals surface area contributed by atoms with Crippen LogP contribution >= 0.6 is 26.5 Å². The molecule has 0 aliphatic carbocycles. The molecule has 12 heteroatoms. The lowest BCUT2D eigenvalue weighted by atomic mass is 10.2. The zero-order chi connectivity index (χ0) is 29.2. The fourth-order valence-electron chi connectivity index (χ4n) is 4.19. The van der Waals surface area contributed by atoms with Crippen LogP contribution in [0, 0.1) is 12.7 Å². The molecule has 0 aliphatic heterocycles. The van der Waals surface area contributed by atoms with E-state index in [4.69, 9.17) is 27.8 Å². The summed E-state index contributed by atoms with van der Waals surface area (Å²) in [7, 11) is -8.13. The molecule has 0 N–H and O–H groups in total. The molecule has 0 atom stereocenters. The van der Waals surface area contributed by atoms with Gasteiger partial charge in [-0.25, -0.2) is 9.37 Å². The van der Waals surface area contributed by atoms with Crippen LogP contribution in [-0.4, -0.2) is 38.0 Å². The van der Waals surface area contributed by atoms with Crippen molar-refractivity contribution in [1.29, 1.82) is 0 Å². The molecular formula is C28H38FNO7P2S. The summed E-state index contributed by atoms with van der Waals surface area (Å²) in [6.45, 7) is 9.03. The maximum Gasteiger partial charge on any atom is 0.350 e. The van der Waals surface area contributed by atoms with E-state index in [2.05, 4.69) is 0 Å². The molecule has 1 aromatic heterocycles. The van der Waals surface area contributed by atoms with E-state index in [1.54, 1.807) is 39.0 Å². The van der Waals surface area contributed by atoms with Gasteiger partial charge in [-0.2, -0.15) is 0 Å². The normalized spacial score (nSPS) is 12.3. The van der Waals surface area contributed by atoms with Crippen LogP contribution in [0.25, 0.3) is 10.6 Å². The Morgan fingerprint density at radius 1 is 0.875 bits per heavy atom. The second kappa shape index (κ2) is 15.4. The highest BCUT2D eigenvalue weighted by molar-refractivity contribution is 7.72. The van der Waals surface area contributed by atoms with Crippen molar-refractivity contribution in [2.24, 2.45) is 0 Å². The molecule has 8 nitrogen and oxygen atoms in total. The Morgan fingerprint density at radius 2 is 1.45 bits per heavy atom. The lowest BCUT2D eigenvalue weighted by molar-refractivity contribution is 0.195. The molecule has 0 spiro atoms. The van der Waals surface area contributed by atoms with Crippen molar-refractivity contribution in [3.63, 3.8) is 0 Å². The average Bonchev–Trinajstić information content (AvgIpc) is 3.29. The van der Waals surface area contributed by atoms with E-state index >= 15 is 0 Å². The van der Waals surface area contributed by atoms with E-state index in [1.807, 2.05) is 37.3 Å². The van der Waals surface area contributed by atoms with Crippen LogP contribution in [0.15, 0.2) is 48.5 Å². The van der Waals surface area contributed by atoms with E-state index < -0.39 is 26.4 Å². The summed E-state index contributed by atoms with van der Waals surface area (Å²) in [5.41, 5.74) is 2.26. The van der Waals surface area contributed by atoms with Gasteiger partial charge in [0.1, 0.15) is 5.01 Å². The first-order chi connectivity index (χ1) is 19.2. The summed E-state index contributed by atoms with van der Waals surface area (Å²) in [5, 5.41) is -0.461. The van der Waals surface area contributed by atoms with Gasteiger partial charge in [0.15, 0.2) is 17.0 Å². The SMILES string of the molecule is CCOP(=O)(OCC)C(c1ccc(F)c(OCCCc2nc(-c3ccccc3)sc2C)c1)P(=O)(OCC)OCC. The number of rotatable bonds is 17. The fraction of sp³-hybridized carbons (Fsp3) is 0.464. The standard InChI is InChI=1S/C28H38FNO7P2S/c1-6-34-38(31,35-7-2)28(39(32,36-8-3)37-9-4)23-17-18-24(29)26(20-23)33-19-13-16-25-21(5)40-27(30-25)22-14-11-10-12-15-22/h10-12,14-15,17-18,20,28H,6-9,13,16,19H2,1-5H3. The Labute approximate surface area is 240 Å². The topological polar surface area (TPSA) is 93.2 Å². The average molecular weight is 614 g/mol. The largest absolute Gasteiger partial charge is 0.490 e. The molecule has 0 unspecified atom stereocenters. The molecule has 3 aromatic rings.